The van der Waals surface area contributed by atoms with Gasteiger partial charge in [-0.1, -0.05) is 30.3 Å². The minimum atomic E-state index is -0.889. The molecule has 0 spiro atoms. The van der Waals surface area contributed by atoms with Crippen molar-refractivity contribution in [3.8, 4) is 22.9 Å². The molecule has 4 aliphatic rings. The Kier molecular flexibility index (Phi) is 6.01. The van der Waals surface area contributed by atoms with Crippen molar-refractivity contribution >= 4 is 27.5 Å². The summed E-state index contributed by atoms with van der Waals surface area (Å²) in [5.74, 6) is -1.27. The normalized spacial score (nSPS) is 27.3. The maximum Gasteiger partial charge on any atom is 0.319 e. The van der Waals surface area contributed by atoms with Crippen LogP contribution in [0.15, 0.2) is 42.5 Å². The van der Waals surface area contributed by atoms with Crippen LogP contribution >= 0.6 is 0 Å². The van der Waals surface area contributed by atoms with Gasteiger partial charge < -0.3 is 20.1 Å². The number of aromatic hydroxyl groups is 1. The number of benzene rings is 3. The predicted octanol–water partition coefficient (Wildman–Crippen LogP) is 5.33. The smallest absolute Gasteiger partial charge is 0.319 e. The quantitative estimate of drug-likeness (QED) is 0.333. The average Bonchev–Trinajstić information content (AvgIpc) is 3.64. The number of aromatic nitrogens is 2. The molecule has 7 nitrogen and oxygen atoms in total. The summed E-state index contributed by atoms with van der Waals surface area (Å²) in [5, 5.41) is 15.2. The molecule has 0 radical (unpaired) electrons. The van der Waals surface area contributed by atoms with Gasteiger partial charge in [-0.3, -0.25) is 4.90 Å². The zero-order valence-corrected chi connectivity index (χ0v) is 23.1. The van der Waals surface area contributed by atoms with Crippen LogP contribution in [-0.4, -0.2) is 76.6 Å². The Balaban J connectivity index is 1.25. The first-order valence-corrected chi connectivity index (χ1v) is 14.8. The number of hydrogen-bond acceptors (Lipinski definition) is 7. The van der Waals surface area contributed by atoms with E-state index < -0.39 is 29.1 Å². The molecule has 8 rings (SSSR count). The Labute approximate surface area is 241 Å². The summed E-state index contributed by atoms with van der Waals surface area (Å²) < 4.78 is 52.0. The highest BCUT2D eigenvalue weighted by Crippen LogP contribution is 2.42. The van der Waals surface area contributed by atoms with E-state index in [9.17, 15) is 13.9 Å². The van der Waals surface area contributed by atoms with Gasteiger partial charge in [-0.25, -0.2) is 13.2 Å². The van der Waals surface area contributed by atoms with Crippen LogP contribution in [0.4, 0.5) is 19.0 Å². The van der Waals surface area contributed by atoms with Crippen molar-refractivity contribution in [2.45, 2.75) is 55.9 Å². The molecular weight excluding hydrogens is 543 g/mol. The molecule has 42 heavy (non-hydrogen) atoms. The lowest BCUT2D eigenvalue weighted by atomic mass is 9.95. The van der Waals surface area contributed by atoms with E-state index >= 15 is 4.39 Å². The standard InChI is InChI=1S/C32H32F3N5O2/c33-18-13-32(10-3-11-40(32)14-18)17-42-31-37-29-24(30(38-31)39-15-19-6-7-20(16-39)36-19)9-8-23(28(29)35)25-12-26(41)27(34)22-5-2-1-4-21(22)25/h1-2,4-5,8-9,12,18-20,36,41H,3,6-7,10-11,13-17H2/t18-,19-,20+,32+/m1/s1. The Morgan fingerprint density at radius 2 is 1.74 bits per heavy atom. The summed E-state index contributed by atoms with van der Waals surface area (Å²) in [6.07, 6.45) is 3.51. The van der Waals surface area contributed by atoms with E-state index in [0.717, 1.165) is 45.3 Å². The first-order chi connectivity index (χ1) is 20.4. The lowest BCUT2D eigenvalue weighted by Gasteiger charge is -2.34. The van der Waals surface area contributed by atoms with E-state index in [-0.39, 0.29) is 29.1 Å². The van der Waals surface area contributed by atoms with Crippen LogP contribution in [0.25, 0.3) is 32.8 Å². The van der Waals surface area contributed by atoms with Crippen molar-refractivity contribution < 1.29 is 23.0 Å². The highest BCUT2D eigenvalue weighted by atomic mass is 19.1. The molecule has 0 saturated carbocycles. The number of ether oxygens (including phenoxy) is 1. The summed E-state index contributed by atoms with van der Waals surface area (Å²) in [5.41, 5.74) is 0.271. The van der Waals surface area contributed by atoms with Gasteiger partial charge in [-0.15, -0.1) is 0 Å². The van der Waals surface area contributed by atoms with E-state index in [2.05, 4.69) is 20.1 Å². The average molecular weight is 576 g/mol. The maximum atomic E-state index is 16.6. The van der Waals surface area contributed by atoms with Crippen LogP contribution in [0.2, 0.25) is 0 Å². The minimum Gasteiger partial charge on any atom is -0.505 e. The summed E-state index contributed by atoms with van der Waals surface area (Å²) >= 11 is 0. The summed E-state index contributed by atoms with van der Waals surface area (Å²) in [7, 11) is 0. The van der Waals surface area contributed by atoms with Crippen LogP contribution in [-0.2, 0) is 0 Å². The molecule has 4 aliphatic heterocycles. The van der Waals surface area contributed by atoms with Gasteiger partial charge in [-0.05, 0) is 55.3 Å². The van der Waals surface area contributed by atoms with E-state index in [1.165, 1.54) is 6.07 Å². The second kappa shape index (κ2) is 9.70. The number of phenols is 1. The predicted molar refractivity (Wildman–Crippen MR) is 155 cm³/mol. The third kappa shape index (κ3) is 4.10. The molecule has 0 amide bonds. The molecule has 2 bridgehead atoms. The highest BCUT2D eigenvalue weighted by Gasteiger charge is 2.49. The monoisotopic (exact) mass is 575 g/mol. The molecule has 1 aromatic heterocycles. The number of nitrogens with one attached hydrogen (secondary N) is 1. The van der Waals surface area contributed by atoms with Crippen molar-refractivity contribution in [2.24, 2.45) is 0 Å². The van der Waals surface area contributed by atoms with E-state index in [0.29, 0.717) is 47.2 Å². The number of piperazine rings is 1. The Bertz CT molecular complexity index is 1710. The molecule has 10 heteroatoms. The third-order valence-electron chi connectivity index (χ3n) is 9.76. The van der Waals surface area contributed by atoms with Gasteiger partial charge in [0.2, 0.25) is 0 Å². The van der Waals surface area contributed by atoms with E-state index in [4.69, 9.17) is 9.72 Å². The molecule has 0 aliphatic carbocycles. The molecule has 218 valence electrons. The molecule has 0 unspecified atom stereocenters. The lowest BCUT2D eigenvalue weighted by molar-refractivity contribution is 0.107. The van der Waals surface area contributed by atoms with Crippen molar-refractivity contribution in [3.05, 3.63) is 54.1 Å². The SMILES string of the molecule is Oc1cc(-c2ccc3c(N4C[C@H]5CC[C@@H](C4)N5)nc(OC[C@@]45CCCN4C[C@H](F)C5)nc3c2F)c2ccccc2c1F. The van der Waals surface area contributed by atoms with Gasteiger partial charge in [0.1, 0.15) is 24.1 Å². The van der Waals surface area contributed by atoms with Gasteiger partial charge in [0.15, 0.2) is 17.4 Å². The number of fused-ring (bicyclic) bond motifs is 5. The van der Waals surface area contributed by atoms with E-state index in [1.807, 2.05) is 0 Å². The zero-order valence-electron chi connectivity index (χ0n) is 23.1. The first-order valence-electron chi connectivity index (χ1n) is 14.8. The van der Waals surface area contributed by atoms with Gasteiger partial charge in [-0.2, -0.15) is 9.97 Å². The fourth-order valence-electron chi connectivity index (χ4n) is 7.80. The summed E-state index contributed by atoms with van der Waals surface area (Å²) in [6, 6.07) is 12.1. The van der Waals surface area contributed by atoms with E-state index in [1.54, 1.807) is 36.4 Å². The summed E-state index contributed by atoms with van der Waals surface area (Å²) in [6.45, 7) is 2.97. The van der Waals surface area contributed by atoms with Crippen molar-refractivity contribution in [1.82, 2.24) is 20.2 Å². The minimum absolute atomic E-state index is 0.0646. The number of anilines is 1. The number of phenolic OH excluding ortho intramolecular Hbond substituents is 1. The second-order valence-corrected chi connectivity index (χ2v) is 12.4. The Morgan fingerprint density at radius 3 is 2.55 bits per heavy atom. The molecule has 4 saturated heterocycles. The van der Waals surface area contributed by atoms with Crippen molar-refractivity contribution in [2.75, 3.05) is 37.7 Å². The number of rotatable bonds is 5. The fraction of sp³-hybridized carbons (Fsp3) is 0.438. The van der Waals surface area contributed by atoms with Gasteiger partial charge in [0.05, 0.1) is 5.54 Å². The molecule has 4 fully saturated rings. The van der Waals surface area contributed by atoms with Crippen molar-refractivity contribution in [3.63, 3.8) is 0 Å². The van der Waals surface area contributed by atoms with Crippen molar-refractivity contribution in [1.29, 1.82) is 0 Å². The first kappa shape index (κ1) is 26.0. The van der Waals surface area contributed by atoms with Gasteiger partial charge in [0, 0.05) is 54.5 Å². The molecule has 5 heterocycles. The number of halogens is 3. The van der Waals surface area contributed by atoms with Gasteiger partial charge >= 0.3 is 6.01 Å². The van der Waals surface area contributed by atoms with Crippen LogP contribution in [0.5, 0.6) is 11.8 Å². The largest absolute Gasteiger partial charge is 0.505 e. The number of nitrogens with zero attached hydrogens (tertiary/aromatic N) is 4. The van der Waals surface area contributed by atoms with Crippen LogP contribution < -0.4 is 15.0 Å². The lowest BCUT2D eigenvalue weighted by Crippen LogP contribution is -2.51. The second-order valence-electron chi connectivity index (χ2n) is 12.4. The highest BCUT2D eigenvalue weighted by molar-refractivity contribution is 6.01. The molecule has 2 N–H and O–H groups in total. The third-order valence-corrected chi connectivity index (χ3v) is 9.76. The summed E-state index contributed by atoms with van der Waals surface area (Å²) in [4.78, 5) is 13.8. The fourth-order valence-corrected chi connectivity index (χ4v) is 7.80. The molecular formula is C32H32F3N5O2. The van der Waals surface area contributed by atoms with Crippen LogP contribution in [0.1, 0.15) is 32.1 Å². The topological polar surface area (TPSA) is 73.8 Å². The molecule has 4 atom stereocenters. The van der Waals surface area contributed by atoms with Crippen LogP contribution in [0, 0.1) is 11.6 Å². The molecule has 4 aromatic rings. The number of alkyl halides is 1. The Morgan fingerprint density at radius 1 is 0.952 bits per heavy atom. The maximum absolute atomic E-state index is 16.6. The zero-order chi connectivity index (χ0) is 28.6. The van der Waals surface area contributed by atoms with Gasteiger partial charge in [0.25, 0.3) is 0 Å². The van der Waals surface area contributed by atoms with Crippen LogP contribution in [0.3, 0.4) is 0 Å². The number of hydrogen-bond donors (Lipinski definition) is 2. The Hall–Kier alpha value is -3.63. The molecule has 3 aromatic carbocycles.